The molecule has 5 N–H and O–H groups in total. The van der Waals surface area contributed by atoms with Crippen LogP contribution < -0.4 is 11.1 Å². The highest BCUT2D eigenvalue weighted by Gasteiger charge is 2.00. The number of nitrogens with two attached hydrogens (primary N) is 1. The lowest BCUT2D eigenvalue weighted by Gasteiger charge is -2.12. The van der Waals surface area contributed by atoms with Crippen LogP contribution in [0.2, 0.25) is 0 Å². The summed E-state index contributed by atoms with van der Waals surface area (Å²) in [7, 11) is 0. The number of nitrogens with one attached hydrogen (secondary N) is 1. The van der Waals surface area contributed by atoms with Crippen molar-refractivity contribution in [2.24, 2.45) is 10.9 Å². The molecule has 14 heavy (non-hydrogen) atoms. The fourth-order valence-electron chi connectivity index (χ4n) is 1.17. The van der Waals surface area contributed by atoms with Crippen molar-refractivity contribution in [1.29, 1.82) is 0 Å². The Balaban J connectivity index is 3.27. The van der Waals surface area contributed by atoms with Gasteiger partial charge in [-0.15, -0.1) is 0 Å². The Morgan fingerprint density at radius 1 is 1.50 bits per heavy atom. The van der Waals surface area contributed by atoms with Gasteiger partial charge in [-0.1, -0.05) is 5.16 Å². The van der Waals surface area contributed by atoms with Crippen molar-refractivity contribution in [2.45, 2.75) is 38.6 Å². The van der Waals surface area contributed by atoms with E-state index in [0.717, 1.165) is 25.8 Å². The molecule has 0 aromatic rings. The molecule has 5 heteroatoms. The summed E-state index contributed by atoms with van der Waals surface area (Å²) in [6, 6.07) is 0.412. The molecule has 0 heterocycles. The number of rotatable bonds is 8. The van der Waals surface area contributed by atoms with Crippen LogP contribution in [-0.2, 0) is 0 Å². The van der Waals surface area contributed by atoms with E-state index in [2.05, 4.69) is 17.4 Å². The highest BCUT2D eigenvalue weighted by atomic mass is 16.4. The van der Waals surface area contributed by atoms with E-state index in [0.29, 0.717) is 12.5 Å². The number of oxime groups is 1. The minimum absolute atomic E-state index is 0.246. The van der Waals surface area contributed by atoms with E-state index in [1.807, 2.05) is 0 Å². The van der Waals surface area contributed by atoms with E-state index in [-0.39, 0.29) is 12.4 Å². The second-order valence-electron chi connectivity index (χ2n) is 3.42. The van der Waals surface area contributed by atoms with Crippen LogP contribution in [0.4, 0.5) is 0 Å². The molecule has 0 amide bonds. The maximum Gasteiger partial charge on any atom is 0.139 e. The first kappa shape index (κ1) is 13.2. The third-order valence-electron chi connectivity index (χ3n) is 2.03. The zero-order valence-corrected chi connectivity index (χ0v) is 8.74. The van der Waals surface area contributed by atoms with Crippen molar-refractivity contribution >= 4 is 5.84 Å². The van der Waals surface area contributed by atoms with Gasteiger partial charge in [0.1, 0.15) is 5.84 Å². The fourth-order valence-corrected chi connectivity index (χ4v) is 1.17. The van der Waals surface area contributed by atoms with E-state index >= 15 is 0 Å². The minimum Gasteiger partial charge on any atom is -0.409 e. The summed E-state index contributed by atoms with van der Waals surface area (Å²) in [5, 5.41) is 23.1. The van der Waals surface area contributed by atoms with Crippen molar-refractivity contribution in [3.63, 3.8) is 0 Å². The van der Waals surface area contributed by atoms with Crippen LogP contribution >= 0.6 is 0 Å². The molecule has 0 saturated carbocycles. The highest BCUT2D eigenvalue weighted by molar-refractivity contribution is 5.79. The second kappa shape index (κ2) is 8.77. The molecule has 1 atom stereocenters. The number of amidine groups is 1. The lowest BCUT2D eigenvalue weighted by Crippen LogP contribution is -2.28. The van der Waals surface area contributed by atoms with Gasteiger partial charge in [-0.05, 0) is 32.7 Å². The molecular weight excluding hydrogens is 182 g/mol. The zero-order chi connectivity index (χ0) is 10.8. The van der Waals surface area contributed by atoms with Crippen molar-refractivity contribution < 1.29 is 10.3 Å². The SMILES string of the molecule is CC(CCCO)NCCCC(N)=NO. The number of aliphatic hydroxyl groups excluding tert-OH is 1. The van der Waals surface area contributed by atoms with E-state index in [1.54, 1.807) is 0 Å². The lowest BCUT2D eigenvalue weighted by atomic mass is 10.2. The van der Waals surface area contributed by atoms with Gasteiger partial charge in [0.25, 0.3) is 0 Å². The molecule has 0 aliphatic heterocycles. The summed E-state index contributed by atoms with van der Waals surface area (Å²) in [6.07, 6.45) is 3.27. The molecule has 0 spiro atoms. The Labute approximate surface area is 85.0 Å². The zero-order valence-electron chi connectivity index (χ0n) is 8.74. The summed E-state index contributed by atoms with van der Waals surface area (Å²) < 4.78 is 0. The highest BCUT2D eigenvalue weighted by Crippen LogP contribution is 1.96. The topological polar surface area (TPSA) is 90.9 Å². The second-order valence-corrected chi connectivity index (χ2v) is 3.42. The van der Waals surface area contributed by atoms with Crippen LogP contribution in [0.1, 0.15) is 32.6 Å². The third kappa shape index (κ3) is 7.82. The molecule has 0 saturated heterocycles. The first-order valence-electron chi connectivity index (χ1n) is 5.01. The van der Waals surface area contributed by atoms with Crippen LogP contribution in [0.5, 0.6) is 0 Å². The summed E-state index contributed by atoms with van der Waals surface area (Å²) in [6.45, 7) is 3.18. The Morgan fingerprint density at radius 2 is 2.21 bits per heavy atom. The summed E-state index contributed by atoms with van der Waals surface area (Å²) in [5.41, 5.74) is 5.31. The molecule has 0 fully saturated rings. The monoisotopic (exact) mass is 203 g/mol. The van der Waals surface area contributed by atoms with Gasteiger partial charge in [-0.2, -0.15) is 0 Å². The number of hydrogen-bond donors (Lipinski definition) is 4. The van der Waals surface area contributed by atoms with E-state index < -0.39 is 0 Å². The van der Waals surface area contributed by atoms with Crippen molar-refractivity contribution in [1.82, 2.24) is 5.32 Å². The summed E-state index contributed by atoms with van der Waals surface area (Å²) in [4.78, 5) is 0. The normalized spacial score (nSPS) is 14.3. The first-order valence-corrected chi connectivity index (χ1v) is 5.01. The molecule has 0 bridgehead atoms. The van der Waals surface area contributed by atoms with Crippen molar-refractivity contribution in [3.05, 3.63) is 0 Å². The van der Waals surface area contributed by atoms with Crippen molar-refractivity contribution in [3.8, 4) is 0 Å². The van der Waals surface area contributed by atoms with E-state index in [9.17, 15) is 0 Å². The van der Waals surface area contributed by atoms with Gasteiger partial charge in [-0.3, -0.25) is 0 Å². The fraction of sp³-hybridized carbons (Fsp3) is 0.889. The lowest BCUT2D eigenvalue weighted by molar-refractivity contribution is 0.276. The summed E-state index contributed by atoms with van der Waals surface area (Å²) >= 11 is 0. The molecule has 0 aliphatic rings. The van der Waals surface area contributed by atoms with Gasteiger partial charge in [0.05, 0.1) is 0 Å². The van der Waals surface area contributed by atoms with Gasteiger partial charge in [0, 0.05) is 19.1 Å². The van der Waals surface area contributed by atoms with Crippen LogP contribution in [-0.4, -0.2) is 35.3 Å². The molecule has 0 aromatic carbocycles. The average Bonchev–Trinajstić information content (AvgIpc) is 2.21. The smallest absolute Gasteiger partial charge is 0.139 e. The Bertz CT molecular complexity index is 162. The van der Waals surface area contributed by atoms with Gasteiger partial charge >= 0.3 is 0 Å². The molecule has 0 rings (SSSR count). The maximum atomic E-state index is 8.60. The molecule has 0 aliphatic carbocycles. The Hall–Kier alpha value is -0.810. The van der Waals surface area contributed by atoms with Crippen LogP contribution in [0, 0.1) is 0 Å². The number of hydrogen-bond acceptors (Lipinski definition) is 4. The molecule has 0 radical (unpaired) electrons. The predicted octanol–water partition coefficient (Wildman–Crippen LogP) is 0.264. The predicted molar refractivity (Wildman–Crippen MR) is 56.4 cm³/mol. The molecular formula is C9H21N3O2. The van der Waals surface area contributed by atoms with Gasteiger partial charge < -0.3 is 21.4 Å². The standard InChI is InChI=1S/C9H21N3O2/c1-8(4-3-7-13)11-6-2-5-9(10)12-14/h8,11,13-14H,2-7H2,1H3,(H2,10,12). The maximum absolute atomic E-state index is 8.60. The Morgan fingerprint density at radius 3 is 2.79 bits per heavy atom. The van der Waals surface area contributed by atoms with Crippen LogP contribution in [0.25, 0.3) is 0 Å². The minimum atomic E-state index is 0.246. The van der Waals surface area contributed by atoms with Crippen LogP contribution in [0.15, 0.2) is 5.16 Å². The summed E-state index contributed by atoms with van der Waals surface area (Å²) in [5.74, 6) is 0.273. The molecule has 0 aromatic heterocycles. The largest absolute Gasteiger partial charge is 0.409 e. The first-order chi connectivity index (χ1) is 6.70. The number of aliphatic hydroxyl groups is 1. The van der Waals surface area contributed by atoms with Crippen molar-refractivity contribution in [2.75, 3.05) is 13.2 Å². The average molecular weight is 203 g/mol. The number of nitrogens with zero attached hydrogens (tertiary/aromatic N) is 1. The van der Waals surface area contributed by atoms with Gasteiger partial charge in [0.2, 0.25) is 0 Å². The van der Waals surface area contributed by atoms with E-state index in [1.165, 1.54) is 0 Å². The molecule has 84 valence electrons. The van der Waals surface area contributed by atoms with Gasteiger partial charge in [0.15, 0.2) is 0 Å². The molecule has 1 unspecified atom stereocenters. The van der Waals surface area contributed by atoms with Gasteiger partial charge in [-0.25, -0.2) is 0 Å². The third-order valence-corrected chi connectivity index (χ3v) is 2.03. The quantitative estimate of drug-likeness (QED) is 0.150. The van der Waals surface area contributed by atoms with Crippen LogP contribution in [0.3, 0.4) is 0 Å². The molecule has 5 nitrogen and oxygen atoms in total. The Kier molecular flexibility index (Phi) is 8.27. The van der Waals surface area contributed by atoms with E-state index in [4.69, 9.17) is 16.0 Å².